The number of nitrogens with one attached hydrogen (secondary N) is 2. The van der Waals surface area contributed by atoms with Crippen LogP contribution in [0.5, 0.6) is 0 Å². The highest BCUT2D eigenvalue weighted by Gasteiger charge is 2.38. The van der Waals surface area contributed by atoms with Gasteiger partial charge in [0.15, 0.2) is 13.1 Å². The molecule has 0 fully saturated rings. The van der Waals surface area contributed by atoms with E-state index in [0.29, 0.717) is 28.7 Å². The van der Waals surface area contributed by atoms with Gasteiger partial charge < -0.3 is 10.6 Å². The van der Waals surface area contributed by atoms with Crippen molar-refractivity contribution in [3.63, 3.8) is 0 Å². The molecule has 6 heteroatoms. The Labute approximate surface area is 257 Å². The molecule has 6 nitrogen and oxygen atoms in total. The first-order valence-corrected chi connectivity index (χ1v) is 14.9. The summed E-state index contributed by atoms with van der Waals surface area (Å²) in [5.41, 5.74) is 8.20. The lowest BCUT2D eigenvalue weighted by molar-refractivity contribution is -1.09. The van der Waals surface area contributed by atoms with Crippen LogP contribution in [0, 0.1) is 27.7 Å². The third kappa shape index (κ3) is 8.87. The van der Waals surface area contributed by atoms with Gasteiger partial charge in [-0.25, -0.2) is 0 Å². The van der Waals surface area contributed by atoms with E-state index in [1.54, 1.807) is 0 Å². The lowest BCUT2D eigenvalue weighted by Crippen LogP contribution is -2.62. The molecule has 4 aromatic carbocycles. The van der Waals surface area contributed by atoms with Crippen molar-refractivity contribution in [3.8, 4) is 0 Å². The predicted molar refractivity (Wildman–Crippen MR) is 176 cm³/mol. The number of carbonyl (C=O) groups is 2. The van der Waals surface area contributed by atoms with Gasteiger partial charge in [0.1, 0.15) is 13.1 Å². The number of quaternary nitrogens is 2. The summed E-state index contributed by atoms with van der Waals surface area (Å²) in [7, 11) is 4.25. The maximum absolute atomic E-state index is 13.7. The molecule has 224 valence electrons. The molecule has 0 radical (unpaired) electrons. The Morgan fingerprint density at radius 2 is 0.837 bits per heavy atom. The highest BCUT2D eigenvalue weighted by Crippen LogP contribution is 2.24. The highest BCUT2D eigenvalue weighted by molar-refractivity contribution is 5.93. The topological polar surface area (TPSA) is 58.2 Å². The first kappa shape index (κ1) is 31.7. The van der Waals surface area contributed by atoms with Crippen LogP contribution in [0.25, 0.3) is 0 Å². The largest absolute Gasteiger partial charge is 0.321 e. The second-order valence-electron chi connectivity index (χ2n) is 12.6. The molecule has 43 heavy (non-hydrogen) atoms. The van der Waals surface area contributed by atoms with E-state index in [1.807, 2.05) is 100 Å². The average molecular weight is 579 g/mol. The van der Waals surface area contributed by atoms with Crippen molar-refractivity contribution in [2.24, 2.45) is 0 Å². The molecule has 0 spiro atoms. The SMILES string of the molecule is Cc1cccc(C)c1NC(=O)C[N+](C)(Cc1ccccc1)C[N+](C)(CC(=O)Nc1c(C)cccc1C)Cc1ccccc1. The molecule has 0 bridgehead atoms. The van der Waals surface area contributed by atoms with Crippen molar-refractivity contribution in [1.29, 1.82) is 0 Å². The second-order valence-corrected chi connectivity index (χ2v) is 12.6. The quantitative estimate of drug-likeness (QED) is 0.144. The van der Waals surface area contributed by atoms with Gasteiger partial charge in [-0.1, -0.05) is 97.1 Å². The smallest absolute Gasteiger partial charge is 0.279 e. The molecular weight excluding hydrogens is 532 g/mol. The molecule has 0 heterocycles. The Hall–Kier alpha value is -4.26. The van der Waals surface area contributed by atoms with Crippen LogP contribution < -0.4 is 10.6 Å². The van der Waals surface area contributed by atoms with Gasteiger partial charge in [0.2, 0.25) is 6.67 Å². The monoisotopic (exact) mass is 578 g/mol. The van der Waals surface area contributed by atoms with Crippen LogP contribution >= 0.6 is 0 Å². The Bertz CT molecular complexity index is 1400. The summed E-state index contributed by atoms with van der Waals surface area (Å²) >= 11 is 0. The third-order valence-electron chi connectivity index (χ3n) is 8.04. The zero-order valence-corrected chi connectivity index (χ0v) is 26.5. The molecule has 0 saturated carbocycles. The Kier molecular flexibility index (Phi) is 10.2. The van der Waals surface area contributed by atoms with E-state index in [0.717, 1.165) is 44.8 Å². The minimum atomic E-state index is -0.0397. The lowest BCUT2D eigenvalue weighted by Gasteiger charge is -2.42. The summed E-state index contributed by atoms with van der Waals surface area (Å²) in [5.74, 6) is -0.0795. The predicted octanol–water partition coefficient (Wildman–Crippen LogP) is 6.75. The Balaban J connectivity index is 1.65. The molecule has 0 aliphatic heterocycles. The van der Waals surface area contributed by atoms with E-state index in [9.17, 15) is 9.59 Å². The maximum atomic E-state index is 13.7. The fourth-order valence-electron chi connectivity index (χ4n) is 6.26. The van der Waals surface area contributed by atoms with Gasteiger partial charge in [-0.2, -0.15) is 0 Å². The Morgan fingerprint density at radius 3 is 1.16 bits per heavy atom. The zero-order chi connectivity index (χ0) is 31.0. The summed E-state index contributed by atoms with van der Waals surface area (Å²) in [5, 5.41) is 6.40. The van der Waals surface area contributed by atoms with Crippen LogP contribution in [0.3, 0.4) is 0 Å². The highest BCUT2D eigenvalue weighted by atomic mass is 16.2. The molecule has 2 atom stereocenters. The van der Waals surface area contributed by atoms with Crippen LogP contribution in [0.4, 0.5) is 11.4 Å². The second kappa shape index (κ2) is 13.8. The lowest BCUT2D eigenvalue weighted by atomic mass is 10.1. The number of nitrogens with zero attached hydrogens (tertiary/aromatic N) is 2. The summed E-state index contributed by atoms with van der Waals surface area (Å²) < 4.78 is 0.863. The van der Waals surface area contributed by atoms with Gasteiger partial charge in [0, 0.05) is 22.5 Å². The number of carbonyl (C=O) groups excluding carboxylic acids is 2. The molecular formula is C37H46N4O2+2. The van der Waals surface area contributed by atoms with Gasteiger partial charge >= 0.3 is 0 Å². The molecule has 2 unspecified atom stereocenters. The van der Waals surface area contributed by atoms with E-state index >= 15 is 0 Å². The van der Waals surface area contributed by atoms with Crippen molar-refractivity contribution in [3.05, 3.63) is 130 Å². The van der Waals surface area contributed by atoms with Gasteiger partial charge in [-0.3, -0.25) is 18.6 Å². The van der Waals surface area contributed by atoms with Crippen molar-refractivity contribution in [2.45, 2.75) is 40.8 Å². The number of amides is 2. The minimum absolute atomic E-state index is 0.0397. The van der Waals surface area contributed by atoms with Crippen molar-refractivity contribution < 1.29 is 18.6 Å². The number of benzene rings is 4. The molecule has 0 aliphatic carbocycles. The maximum Gasteiger partial charge on any atom is 0.279 e. The number of hydrogen-bond donors (Lipinski definition) is 2. The summed E-state index contributed by atoms with van der Waals surface area (Å²) in [6.45, 7) is 10.5. The molecule has 0 saturated heterocycles. The van der Waals surface area contributed by atoms with Crippen LogP contribution in [0.1, 0.15) is 33.4 Å². The standard InChI is InChI=1S/C37H44N4O2/c1-28-15-13-16-29(2)36(28)38-34(42)25-40(5,23-32-19-9-7-10-20-32)27-41(6,24-33-21-11-8-12-22-33)26-35(43)39-37-30(3)17-14-18-31(37)4/h7-22H,23-27H2,1-6H3/p+2. The molecule has 0 aromatic heterocycles. The number of aryl methyl sites for hydroxylation is 4. The molecule has 2 N–H and O–H groups in total. The number of rotatable bonds is 12. The van der Waals surface area contributed by atoms with E-state index in [4.69, 9.17) is 0 Å². The van der Waals surface area contributed by atoms with E-state index in [1.165, 1.54) is 0 Å². The number of para-hydroxylation sites is 2. The zero-order valence-electron chi connectivity index (χ0n) is 26.5. The molecule has 2 amide bonds. The average Bonchev–Trinajstić information content (AvgIpc) is 2.93. The normalized spacial score (nSPS) is 13.9. The molecule has 4 aromatic rings. The molecule has 0 aliphatic rings. The fourth-order valence-corrected chi connectivity index (χ4v) is 6.26. The number of likely N-dealkylation sites (N-methyl/N-ethyl adjacent to an activating group) is 2. The number of anilines is 2. The first-order chi connectivity index (χ1) is 20.5. The van der Waals surface area contributed by atoms with Crippen molar-refractivity contribution in [2.75, 3.05) is 44.5 Å². The van der Waals surface area contributed by atoms with Crippen molar-refractivity contribution in [1.82, 2.24) is 0 Å². The summed E-state index contributed by atoms with van der Waals surface area (Å²) in [6.07, 6.45) is 0. The van der Waals surface area contributed by atoms with Gasteiger partial charge in [0.25, 0.3) is 11.8 Å². The van der Waals surface area contributed by atoms with Crippen LogP contribution in [-0.4, -0.2) is 54.6 Å². The third-order valence-corrected chi connectivity index (χ3v) is 8.04. The van der Waals surface area contributed by atoms with E-state index < -0.39 is 0 Å². The Morgan fingerprint density at radius 1 is 0.512 bits per heavy atom. The van der Waals surface area contributed by atoms with E-state index in [2.05, 4.69) is 49.0 Å². The van der Waals surface area contributed by atoms with Gasteiger partial charge in [-0.05, 0) is 49.9 Å². The molecule has 4 rings (SSSR count). The van der Waals surface area contributed by atoms with Gasteiger partial charge in [0.05, 0.1) is 14.1 Å². The van der Waals surface area contributed by atoms with Crippen LogP contribution in [0.15, 0.2) is 97.1 Å². The summed E-state index contributed by atoms with van der Waals surface area (Å²) in [4.78, 5) is 27.4. The summed E-state index contributed by atoms with van der Waals surface area (Å²) in [6, 6.07) is 32.7. The first-order valence-electron chi connectivity index (χ1n) is 14.9. The van der Waals surface area contributed by atoms with Crippen molar-refractivity contribution >= 4 is 23.2 Å². The van der Waals surface area contributed by atoms with Crippen LogP contribution in [-0.2, 0) is 22.7 Å². The van der Waals surface area contributed by atoms with Crippen LogP contribution in [0.2, 0.25) is 0 Å². The van der Waals surface area contributed by atoms with E-state index in [-0.39, 0.29) is 24.9 Å². The minimum Gasteiger partial charge on any atom is -0.321 e. The number of hydrogen-bond acceptors (Lipinski definition) is 2. The van der Waals surface area contributed by atoms with Gasteiger partial charge in [-0.15, -0.1) is 0 Å². The fraction of sp³-hybridized carbons (Fsp3) is 0.297.